The number of aromatic nitrogens is 3. The number of hydrogen-bond acceptors (Lipinski definition) is 7. The largest absolute Gasteiger partial charge is 0.482 e. The minimum Gasteiger partial charge on any atom is -0.482 e. The van der Waals surface area contributed by atoms with Crippen LogP contribution in [0.2, 0.25) is 0 Å². The van der Waals surface area contributed by atoms with Crippen LogP contribution < -0.4 is 15.4 Å². The zero-order valence-corrected chi connectivity index (χ0v) is 16.7. The van der Waals surface area contributed by atoms with Gasteiger partial charge in [0, 0.05) is 12.1 Å². The second-order valence-electron chi connectivity index (χ2n) is 7.00. The number of rotatable bonds is 5. The predicted molar refractivity (Wildman–Crippen MR) is 109 cm³/mol. The number of nitro benzene ring substituents is 1. The molecule has 1 atom stereocenters. The molecule has 2 amide bonds. The lowest BCUT2D eigenvalue weighted by Crippen LogP contribution is -2.28. The summed E-state index contributed by atoms with van der Waals surface area (Å²) in [7, 11) is 0. The van der Waals surface area contributed by atoms with Gasteiger partial charge in [-0.1, -0.05) is 17.3 Å². The van der Waals surface area contributed by atoms with E-state index in [2.05, 4.69) is 20.9 Å². The number of carbonyl (C=O) groups excluding carboxylic acids is 2. The molecule has 0 aliphatic carbocycles. The van der Waals surface area contributed by atoms with Crippen molar-refractivity contribution < 1.29 is 19.2 Å². The number of hydrogen-bond donors (Lipinski definition) is 2. The van der Waals surface area contributed by atoms with Crippen molar-refractivity contribution in [2.45, 2.75) is 19.9 Å². The van der Waals surface area contributed by atoms with Gasteiger partial charge in [0.05, 0.1) is 28.0 Å². The molecule has 1 aliphatic heterocycles. The van der Waals surface area contributed by atoms with Gasteiger partial charge in [-0.05, 0) is 37.6 Å². The van der Waals surface area contributed by atoms with E-state index in [1.54, 1.807) is 38.1 Å². The first-order valence-electron chi connectivity index (χ1n) is 9.38. The summed E-state index contributed by atoms with van der Waals surface area (Å²) >= 11 is 0. The number of fused-ring (bicyclic) bond motifs is 1. The van der Waals surface area contributed by atoms with Gasteiger partial charge in [-0.25, -0.2) is 4.68 Å². The maximum Gasteiger partial charge on any atom is 0.274 e. The first kappa shape index (κ1) is 20.0. The zero-order chi connectivity index (χ0) is 22.1. The third-order valence-electron chi connectivity index (χ3n) is 4.88. The van der Waals surface area contributed by atoms with Crippen LogP contribution in [-0.2, 0) is 4.79 Å². The molecule has 11 heteroatoms. The molecular formula is C20H18N6O5. The number of anilines is 1. The smallest absolute Gasteiger partial charge is 0.274 e. The summed E-state index contributed by atoms with van der Waals surface area (Å²) in [6.45, 7) is 3.42. The Labute approximate surface area is 176 Å². The van der Waals surface area contributed by atoms with Crippen molar-refractivity contribution in [2.75, 3.05) is 11.9 Å². The van der Waals surface area contributed by atoms with E-state index in [0.717, 1.165) is 5.56 Å². The number of benzene rings is 2. The monoisotopic (exact) mass is 422 g/mol. The van der Waals surface area contributed by atoms with Crippen molar-refractivity contribution in [1.29, 1.82) is 0 Å². The summed E-state index contributed by atoms with van der Waals surface area (Å²) in [5.41, 5.74) is 2.20. The molecule has 3 aromatic rings. The molecule has 31 heavy (non-hydrogen) atoms. The Bertz CT molecular complexity index is 1200. The summed E-state index contributed by atoms with van der Waals surface area (Å²) in [6.07, 6.45) is 0. The van der Waals surface area contributed by atoms with Gasteiger partial charge in [-0.15, -0.1) is 5.10 Å². The van der Waals surface area contributed by atoms with Crippen molar-refractivity contribution in [2.24, 2.45) is 0 Å². The Balaban J connectivity index is 1.53. The van der Waals surface area contributed by atoms with Crippen LogP contribution in [0.3, 0.4) is 0 Å². The normalized spacial score (nSPS) is 13.5. The Morgan fingerprint density at radius 3 is 2.90 bits per heavy atom. The Kier molecular flexibility index (Phi) is 5.07. The summed E-state index contributed by atoms with van der Waals surface area (Å²) in [6, 6.07) is 10.8. The molecule has 1 aromatic heterocycles. The van der Waals surface area contributed by atoms with Crippen LogP contribution in [0.25, 0.3) is 5.69 Å². The molecule has 4 rings (SSSR count). The molecule has 11 nitrogen and oxygen atoms in total. The van der Waals surface area contributed by atoms with E-state index in [-0.39, 0.29) is 29.9 Å². The number of nitrogens with zero attached hydrogens (tertiary/aromatic N) is 4. The fraction of sp³-hybridized carbons (Fsp3) is 0.200. The lowest BCUT2D eigenvalue weighted by atomic mass is 10.1. The third-order valence-corrected chi connectivity index (χ3v) is 4.88. The second-order valence-corrected chi connectivity index (χ2v) is 7.00. The average Bonchev–Trinajstić information content (AvgIpc) is 3.14. The maximum absolute atomic E-state index is 12.8. The SMILES string of the molecule is Cc1c(C(=O)NC(C)c2ccc3c(c2)NC(=O)CO3)nnn1-c1cccc([N+](=O)[O-])c1. The van der Waals surface area contributed by atoms with Crippen LogP contribution in [0.1, 0.15) is 34.7 Å². The number of non-ortho nitro benzene ring substituents is 1. The standard InChI is InChI=1S/C20H18N6O5/c1-11(13-6-7-17-16(8-13)22-18(27)10-31-17)21-20(28)19-12(2)25(24-23-19)14-4-3-5-15(9-14)26(29)30/h3-9,11H,10H2,1-2H3,(H,21,28)(H,22,27). The summed E-state index contributed by atoms with van der Waals surface area (Å²) in [5, 5.41) is 24.5. The van der Waals surface area contributed by atoms with E-state index in [1.807, 2.05) is 0 Å². The molecule has 0 saturated heterocycles. The minimum absolute atomic E-state index is 0.0296. The maximum atomic E-state index is 12.8. The Morgan fingerprint density at radius 1 is 1.32 bits per heavy atom. The third kappa shape index (κ3) is 3.92. The fourth-order valence-corrected chi connectivity index (χ4v) is 3.24. The molecule has 1 aliphatic rings. The van der Waals surface area contributed by atoms with Crippen LogP contribution in [0.15, 0.2) is 42.5 Å². The van der Waals surface area contributed by atoms with Gasteiger partial charge in [-0.2, -0.15) is 0 Å². The highest BCUT2D eigenvalue weighted by Crippen LogP contribution is 2.30. The molecular weight excluding hydrogens is 404 g/mol. The first-order chi connectivity index (χ1) is 14.8. The van der Waals surface area contributed by atoms with E-state index >= 15 is 0 Å². The lowest BCUT2D eigenvalue weighted by molar-refractivity contribution is -0.384. The summed E-state index contributed by atoms with van der Waals surface area (Å²) in [4.78, 5) is 34.8. The molecule has 0 saturated carbocycles. The number of ether oxygens (including phenoxy) is 1. The molecule has 0 fully saturated rings. The number of carbonyl (C=O) groups is 2. The average molecular weight is 422 g/mol. The topological polar surface area (TPSA) is 141 Å². The van der Waals surface area contributed by atoms with Crippen molar-refractivity contribution in [1.82, 2.24) is 20.3 Å². The van der Waals surface area contributed by atoms with Crippen molar-refractivity contribution in [3.63, 3.8) is 0 Å². The summed E-state index contributed by atoms with van der Waals surface area (Å²) in [5.74, 6) is -0.118. The van der Waals surface area contributed by atoms with Crippen molar-refractivity contribution in [3.05, 3.63) is 69.5 Å². The summed E-state index contributed by atoms with van der Waals surface area (Å²) < 4.78 is 6.72. The lowest BCUT2D eigenvalue weighted by Gasteiger charge is -2.20. The van der Waals surface area contributed by atoms with E-state index in [1.165, 1.54) is 22.9 Å². The number of nitrogens with one attached hydrogen (secondary N) is 2. The van der Waals surface area contributed by atoms with Crippen molar-refractivity contribution in [3.8, 4) is 11.4 Å². The zero-order valence-electron chi connectivity index (χ0n) is 16.7. The fourth-order valence-electron chi connectivity index (χ4n) is 3.24. The van der Waals surface area contributed by atoms with Crippen molar-refractivity contribution >= 4 is 23.2 Å². The van der Waals surface area contributed by atoms with Crippen LogP contribution in [0, 0.1) is 17.0 Å². The van der Waals surface area contributed by atoms with E-state index < -0.39 is 10.8 Å². The minimum atomic E-state index is -0.503. The highest BCUT2D eigenvalue weighted by atomic mass is 16.6. The quantitative estimate of drug-likeness (QED) is 0.475. The van der Waals surface area contributed by atoms with Gasteiger partial charge in [0.15, 0.2) is 12.3 Å². The molecule has 2 N–H and O–H groups in total. The molecule has 0 bridgehead atoms. The van der Waals surface area contributed by atoms with Gasteiger partial charge < -0.3 is 15.4 Å². The van der Waals surface area contributed by atoms with E-state index in [9.17, 15) is 19.7 Å². The first-order valence-corrected chi connectivity index (χ1v) is 9.38. The number of amides is 2. The van der Waals surface area contributed by atoms with Crippen LogP contribution in [0.5, 0.6) is 5.75 Å². The molecule has 2 aromatic carbocycles. The molecule has 0 radical (unpaired) electrons. The Hall–Kier alpha value is -4.28. The predicted octanol–water partition coefficient (Wildman–Crippen LogP) is 2.31. The van der Waals surface area contributed by atoms with Gasteiger partial charge in [0.25, 0.3) is 17.5 Å². The van der Waals surface area contributed by atoms with E-state index in [0.29, 0.717) is 22.8 Å². The van der Waals surface area contributed by atoms with E-state index in [4.69, 9.17) is 4.74 Å². The molecule has 158 valence electrons. The van der Waals surface area contributed by atoms with Crippen LogP contribution in [0.4, 0.5) is 11.4 Å². The number of nitro groups is 1. The van der Waals surface area contributed by atoms with Gasteiger partial charge in [0.1, 0.15) is 5.75 Å². The molecule has 0 spiro atoms. The highest BCUT2D eigenvalue weighted by molar-refractivity contribution is 5.96. The van der Waals surface area contributed by atoms with Crippen LogP contribution >= 0.6 is 0 Å². The molecule has 2 heterocycles. The Morgan fingerprint density at radius 2 is 2.13 bits per heavy atom. The second kappa shape index (κ2) is 7.86. The van der Waals surface area contributed by atoms with Gasteiger partial charge >= 0.3 is 0 Å². The van der Waals surface area contributed by atoms with Gasteiger partial charge in [0.2, 0.25) is 0 Å². The highest BCUT2D eigenvalue weighted by Gasteiger charge is 2.22. The van der Waals surface area contributed by atoms with Crippen LogP contribution in [-0.4, -0.2) is 38.3 Å². The molecule has 1 unspecified atom stereocenters. The van der Waals surface area contributed by atoms with Gasteiger partial charge in [-0.3, -0.25) is 19.7 Å².